The summed E-state index contributed by atoms with van der Waals surface area (Å²) in [5, 5.41) is 1.37. The van der Waals surface area contributed by atoms with Gasteiger partial charge in [-0.2, -0.15) is 0 Å². The molecule has 3 aromatic rings. The molecule has 5 rings (SSSR count). The Labute approximate surface area is 184 Å². The van der Waals surface area contributed by atoms with Crippen molar-refractivity contribution in [2.45, 2.75) is 32.2 Å². The Kier molecular flexibility index (Phi) is 5.53. The molecule has 1 aromatic heterocycles. The largest absolute Gasteiger partial charge is 0.493 e. The molecule has 2 aliphatic rings. The first-order chi connectivity index (χ1) is 15.2. The third-order valence-electron chi connectivity index (χ3n) is 7.37. The second-order valence-corrected chi connectivity index (χ2v) is 9.20. The number of para-hydroxylation sites is 1. The van der Waals surface area contributed by atoms with Crippen molar-refractivity contribution < 1.29 is 9.47 Å². The summed E-state index contributed by atoms with van der Waals surface area (Å²) in [4.78, 5) is 8.63. The molecule has 0 aliphatic carbocycles. The van der Waals surface area contributed by atoms with E-state index in [-0.39, 0.29) is 0 Å². The van der Waals surface area contributed by atoms with E-state index in [1.54, 1.807) is 14.2 Å². The normalized spacial score (nSPS) is 19.1. The molecule has 0 amide bonds. The van der Waals surface area contributed by atoms with Gasteiger partial charge in [-0.15, -0.1) is 0 Å². The maximum absolute atomic E-state index is 5.51. The molecule has 5 heteroatoms. The van der Waals surface area contributed by atoms with Crippen molar-refractivity contribution in [2.24, 2.45) is 5.41 Å². The number of aromatic nitrogens is 1. The number of likely N-dealkylation sites (tertiary alicyclic amines) is 1. The van der Waals surface area contributed by atoms with Crippen molar-refractivity contribution >= 4 is 16.6 Å². The van der Waals surface area contributed by atoms with Crippen LogP contribution in [0, 0.1) is 5.41 Å². The van der Waals surface area contributed by atoms with E-state index in [0.29, 0.717) is 5.41 Å². The lowest BCUT2D eigenvalue weighted by molar-refractivity contribution is 0.0608. The number of rotatable bonds is 5. The van der Waals surface area contributed by atoms with E-state index in [1.165, 1.54) is 60.9 Å². The molecular weight excluding hydrogens is 386 g/mol. The van der Waals surface area contributed by atoms with Gasteiger partial charge >= 0.3 is 0 Å². The number of methoxy groups -OCH3 is 2. The highest BCUT2D eigenvalue weighted by Crippen LogP contribution is 2.42. The standard InChI is InChI=1S/C26H33N3O2/c1-30-24-9-8-21(16-25(24)31-2)29-14-11-26(12-15-29)10-5-13-28(19-26)18-20-17-27-23-7-4-3-6-22(20)23/h3-4,6-9,16-17,27H,5,10-15,18-19H2,1-2H3. The number of nitrogens with one attached hydrogen (secondary N) is 1. The highest BCUT2D eigenvalue weighted by atomic mass is 16.5. The summed E-state index contributed by atoms with van der Waals surface area (Å²) < 4.78 is 10.9. The van der Waals surface area contributed by atoms with Crippen LogP contribution in [0.3, 0.4) is 0 Å². The summed E-state index contributed by atoms with van der Waals surface area (Å²) in [6.45, 7) is 5.69. The number of aromatic amines is 1. The van der Waals surface area contributed by atoms with Crippen molar-refractivity contribution in [3.8, 4) is 11.5 Å². The number of hydrogen-bond donors (Lipinski definition) is 1. The van der Waals surface area contributed by atoms with Gasteiger partial charge in [0.1, 0.15) is 0 Å². The number of H-pyrrole nitrogens is 1. The van der Waals surface area contributed by atoms with Crippen molar-refractivity contribution in [1.29, 1.82) is 0 Å². The average molecular weight is 420 g/mol. The molecule has 0 radical (unpaired) electrons. The first-order valence-electron chi connectivity index (χ1n) is 11.4. The first kappa shape index (κ1) is 20.3. The maximum Gasteiger partial charge on any atom is 0.162 e. The van der Waals surface area contributed by atoms with Gasteiger partial charge in [0.2, 0.25) is 0 Å². The number of ether oxygens (including phenoxy) is 2. The van der Waals surface area contributed by atoms with Crippen LogP contribution in [-0.4, -0.2) is 50.3 Å². The lowest BCUT2D eigenvalue weighted by atomic mass is 9.72. The lowest BCUT2D eigenvalue weighted by Gasteiger charge is -2.48. The van der Waals surface area contributed by atoms with Crippen molar-refractivity contribution in [3.63, 3.8) is 0 Å². The highest BCUT2D eigenvalue weighted by Gasteiger charge is 2.38. The van der Waals surface area contributed by atoms with Crippen LogP contribution in [0.2, 0.25) is 0 Å². The van der Waals surface area contributed by atoms with Crippen molar-refractivity contribution in [2.75, 3.05) is 45.3 Å². The number of anilines is 1. The van der Waals surface area contributed by atoms with Gasteiger partial charge in [0.05, 0.1) is 14.2 Å². The molecule has 5 nitrogen and oxygen atoms in total. The van der Waals surface area contributed by atoms with Crippen LogP contribution in [0.25, 0.3) is 10.9 Å². The Morgan fingerprint density at radius 1 is 0.935 bits per heavy atom. The van der Waals surface area contributed by atoms with E-state index in [2.05, 4.69) is 57.4 Å². The fourth-order valence-corrected chi connectivity index (χ4v) is 5.62. The molecule has 3 heterocycles. The lowest BCUT2D eigenvalue weighted by Crippen LogP contribution is -2.49. The monoisotopic (exact) mass is 419 g/mol. The quantitative estimate of drug-likeness (QED) is 0.627. The number of nitrogens with zero attached hydrogens (tertiary/aromatic N) is 2. The summed E-state index contributed by atoms with van der Waals surface area (Å²) in [5.41, 5.74) is 4.36. The van der Waals surface area contributed by atoms with Crippen molar-refractivity contribution in [3.05, 3.63) is 54.2 Å². The molecule has 2 saturated heterocycles. The Balaban J connectivity index is 1.25. The van der Waals surface area contributed by atoms with Crippen LogP contribution in [0.5, 0.6) is 11.5 Å². The molecule has 164 valence electrons. The van der Waals surface area contributed by atoms with E-state index in [0.717, 1.165) is 31.1 Å². The summed E-state index contributed by atoms with van der Waals surface area (Å²) >= 11 is 0. The zero-order valence-corrected chi connectivity index (χ0v) is 18.7. The first-order valence-corrected chi connectivity index (χ1v) is 11.4. The summed E-state index contributed by atoms with van der Waals surface area (Å²) in [6, 6.07) is 14.9. The maximum atomic E-state index is 5.51. The molecule has 0 unspecified atom stereocenters. The number of hydrogen-bond acceptors (Lipinski definition) is 4. The van der Waals surface area contributed by atoms with Gasteiger partial charge in [-0.3, -0.25) is 4.90 Å². The Hall–Kier alpha value is -2.66. The topological polar surface area (TPSA) is 40.7 Å². The minimum absolute atomic E-state index is 0.456. The van der Waals surface area contributed by atoms with Gasteiger partial charge in [0.25, 0.3) is 0 Å². The molecule has 2 fully saturated rings. The van der Waals surface area contributed by atoms with Gasteiger partial charge in [-0.25, -0.2) is 0 Å². The van der Waals surface area contributed by atoms with E-state index in [4.69, 9.17) is 9.47 Å². The van der Waals surface area contributed by atoms with Crippen LogP contribution in [0.4, 0.5) is 5.69 Å². The third kappa shape index (κ3) is 3.99. The molecule has 1 N–H and O–H groups in total. The van der Waals surface area contributed by atoms with Crippen LogP contribution in [-0.2, 0) is 6.54 Å². The Bertz CT molecular complexity index is 1040. The molecule has 0 saturated carbocycles. The number of piperidine rings is 2. The molecule has 31 heavy (non-hydrogen) atoms. The van der Waals surface area contributed by atoms with Gasteiger partial charge in [0.15, 0.2) is 11.5 Å². The van der Waals surface area contributed by atoms with Crippen LogP contribution in [0.1, 0.15) is 31.2 Å². The predicted octanol–water partition coefficient (Wildman–Crippen LogP) is 5.07. The van der Waals surface area contributed by atoms with Gasteiger partial charge in [-0.05, 0) is 61.4 Å². The van der Waals surface area contributed by atoms with E-state index >= 15 is 0 Å². The fourth-order valence-electron chi connectivity index (χ4n) is 5.62. The third-order valence-corrected chi connectivity index (χ3v) is 7.37. The SMILES string of the molecule is COc1ccc(N2CCC3(CCCN(Cc4c[nH]c5ccccc45)C3)CC2)cc1OC. The van der Waals surface area contributed by atoms with E-state index in [1.807, 2.05) is 6.07 Å². The van der Waals surface area contributed by atoms with Gasteiger partial charge < -0.3 is 19.4 Å². The number of benzene rings is 2. The van der Waals surface area contributed by atoms with Gasteiger partial charge in [0, 0.05) is 55.0 Å². The summed E-state index contributed by atoms with van der Waals surface area (Å²) in [6.07, 6.45) is 7.37. The van der Waals surface area contributed by atoms with Gasteiger partial charge in [-0.1, -0.05) is 18.2 Å². The Morgan fingerprint density at radius 2 is 1.74 bits per heavy atom. The zero-order chi connectivity index (χ0) is 21.3. The zero-order valence-electron chi connectivity index (χ0n) is 18.7. The molecular formula is C26H33N3O2. The fraction of sp³-hybridized carbons (Fsp3) is 0.462. The Morgan fingerprint density at radius 3 is 2.55 bits per heavy atom. The smallest absolute Gasteiger partial charge is 0.162 e. The molecule has 1 spiro atoms. The molecule has 0 bridgehead atoms. The van der Waals surface area contributed by atoms with Crippen LogP contribution >= 0.6 is 0 Å². The summed E-state index contributed by atoms with van der Waals surface area (Å²) in [5.74, 6) is 1.60. The second-order valence-electron chi connectivity index (χ2n) is 9.20. The highest BCUT2D eigenvalue weighted by molar-refractivity contribution is 5.82. The minimum atomic E-state index is 0.456. The van der Waals surface area contributed by atoms with Crippen molar-refractivity contribution in [1.82, 2.24) is 9.88 Å². The summed E-state index contributed by atoms with van der Waals surface area (Å²) in [7, 11) is 3.39. The second kappa shape index (κ2) is 8.46. The van der Waals surface area contributed by atoms with Crippen LogP contribution in [0.15, 0.2) is 48.7 Å². The minimum Gasteiger partial charge on any atom is -0.493 e. The predicted molar refractivity (Wildman–Crippen MR) is 126 cm³/mol. The molecule has 2 aromatic carbocycles. The van der Waals surface area contributed by atoms with E-state index in [9.17, 15) is 0 Å². The average Bonchev–Trinajstić information content (AvgIpc) is 3.22. The van der Waals surface area contributed by atoms with E-state index < -0.39 is 0 Å². The molecule has 2 aliphatic heterocycles. The van der Waals surface area contributed by atoms with Crippen LogP contribution < -0.4 is 14.4 Å². The molecule has 0 atom stereocenters. The number of fused-ring (bicyclic) bond motifs is 1.